The van der Waals surface area contributed by atoms with Gasteiger partial charge in [-0.3, -0.25) is 9.78 Å². The molecule has 0 radical (unpaired) electrons. The minimum atomic E-state index is -0.248. The largest absolute Gasteiger partial charge is 0.493 e. The second-order valence-electron chi connectivity index (χ2n) is 4.86. The predicted octanol–water partition coefficient (Wildman–Crippen LogP) is 2.60. The lowest BCUT2D eigenvalue weighted by Crippen LogP contribution is -2.27. The van der Waals surface area contributed by atoms with E-state index in [-0.39, 0.29) is 11.9 Å². The van der Waals surface area contributed by atoms with Gasteiger partial charge in [0, 0.05) is 11.8 Å². The van der Waals surface area contributed by atoms with Gasteiger partial charge in [-0.25, -0.2) is 0 Å². The van der Waals surface area contributed by atoms with Crippen LogP contribution < -0.4 is 19.5 Å². The van der Waals surface area contributed by atoms with Crippen LogP contribution in [0, 0.1) is 0 Å². The number of pyridine rings is 1. The fourth-order valence-electron chi connectivity index (χ4n) is 2.20. The fourth-order valence-corrected chi connectivity index (χ4v) is 2.20. The molecule has 122 valence electrons. The fraction of sp³-hybridized carbons (Fsp3) is 0.294. The first-order valence-electron chi connectivity index (χ1n) is 7.12. The maximum absolute atomic E-state index is 12.5. The monoisotopic (exact) mass is 316 g/mol. The van der Waals surface area contributed by atoms with Gasteiger partial charge < -0.3 is 19.5 Å². The summed E-state index contributed by atoms with van der Waals surface area (Å²) in [7, 11) is 4.54. The molecule has 0 bridgehead atoms. The number of aromatic nitrogens is 1. The summed E-state index contributed by atoms with van der Waals surface area (Å²) in [5.41, 5.74) is 1.20. The Bertz CT molecular complexity index is 649. The van der Waals surface area contributed by atoms with Crippen LogP contribution in [0.4, 0.5) is 0 Å². The van der Waals surface area contributed by atoms with Crippen molar-refractivity contribution < 1.29 is 19.0 Å². The van der Waals surface area contributed by atoms with Crippen LogP contribution in [0.2, 0.25) is 0 Å². The first-order valence-corrected chi connectivity index (χ1v) is 7.12. The molecule has 0 aliphatic heterocycles. The van der Waals surface area contributed by atoms with Gasteiger partial charge in [-0.05, 0) is 31.2 Å². The second kappa shape index (κ2) is 7.49. The molecule has 2 aromatic rings. The van der Waals surface area contributed by atoms with E-state index in [1.807, 2.05) is 25.1 Å². The summed E-state index contributed by atoms with van der Waals surface area (Å²) in [5, 5.41) is 2.90. The maximum Gasteiger partial charge on any atom is 0.252 e. The Morgan fingerprint density at radius 3 is 2.22 bits per heavy atom. The van der Waals surface area contributed by atoms with E-state index in [0.29, 0.717) is 22.8 Å². The summed E-state index contributed by atoms with van der Waals surface area (Å²) < 4.78 is 15.8. The Hall–Kier alpha value is -2.76. The number of carbonyl (C=O) groups is 1. The molecule has 1 aromatic carbocycles. The van der Waals surface area contributed by atoms with Gasteiger partial charge in [0.1, 0.15) is 0 Å². The quantitative estimate of drug-likeness (QED) is 0.887. The number of rotatable bonds is 6. The van der Waals surface area contributed by atoms with Crippen LogP contribution in [-0.4, -0.2) is 32.2 Å². The molecule has 1 N–H and O–H groups in total. The van der Waals surface area contributed by atoms with Crippen molar-refractivity contribution in [2.24, 2.45) is 0 Å². The lowest BCUT2D eigenvalue weighted by atomic mass is 10.1. The van der Waals surface area contributed by atoms with Crippen LogP contribution in [0.3, 0.4) is 0 Å². The first-order chi connectivity index (χ1) is 11.1. The van der Waals surface area contributed by atoms with Crippen molar-refractivity contribution in [1.29, 1.82) is 0 Å². The van der Waals surface area contributed by atoms with E-state index < -0.39 is 0 Å². The first kappa shape index (κ1) is 16.6. The van der Waals surface area contributed by atoms with E-state index in [1.165, 1.54) is 21.3 Å². The van der Waals surface area contributed by atoms with Crippen molar-refractivity contribution in [2.45, 2.75) is 13.0 Å². The Balaban J connectivity index is 2.25. The lowest BCUT2D eigenvalue weighted by Gasteiger charge is -2.16. The summed E-state index contributed by atoms with van der Waals surface area (Å²) >= 11 is 0. The second-order valence-corrected chi connectivity index (χ2v) is 4.86. The number of nitrogens with zero attached hydrogens (tertiary/aromatic N) is 1. The van der Waals surface area contributed by atoms with Crippen molar-refractivity contribution in [3.63, 3.8) is 0 Å². The molecule has 1 aromatic heterocycles. The van der Waals surface area contributed by atoms with Crippen LogP contribution in [0.25, 0.3) is 0 Å². The van der Waals surface area contributed by atoms with E-state index in [9.17, 15) is 4.79 Å². The molecule has 1 amide bonds. The third kappa shape index (κ3) is 3.71. The van der Waals surface area contributed by atoms with Crippen LogP contribution in [0.1, 0.15) is 29.0 Å². The van der Waals surface area contributed by atoms with Gasteiger partial charge in [-0.15, -0.1) is 0 Å². The van der Waals surface area contributed by atoms with Crippen molar-refractivity contribution in [1.82, 2.24) is 10.3 Å². The molecule has 0 spiro atoms. The number of nitrogens with one attached hydrogen (secondary N) is 1. The Labute approximate surface area is 135 Å². The zero-order valence-corrected chi connectivity index (χ0v) is 13.6. The normalized spacial score (nSPS) is 11.5. The van der Waals surface area contributed by atoms with Crippen LogP contribution >= 0.6 is 0 Å². The maximum atomic E-state index is 12.5. The van der Waals surface area contributed by atoms with Crippen molar-refractivity contribution >= 4 is 5.91 Å². The predicted molar refractivity (Wildman–Crippen MR) is 86.2 cm³/mol. The average molecular weight is 316 g/mol. The van der Waals surface area contributed by atoms with Gasteiger partial charge in [0.2, 0.25) is 5.75 Å². The molecule has 0 aliphatic rings. The van der Waals surface area contributed by atoms with Gasteiger partial charge in [-0.1, -0.05) is 6.07 Å². The van der Waals surface area contributed by atoms with E-state index in [0.717, 1.165) is 5.69 Å². The number of hydrogen-bond acceptors (Lipinski definition) is 5. The third-order valence-corrected chi connectivity index (χ3v) is 3.41. The lowest BCUT2D eigenvalue weighted by molar-refractivity contribution is 0.0938. The number of hydrogen-bond donors (Lipinski definition) is 1. The van der Waals surface area contributed by atoms with E-state index in [2.05, 4.69) is 10.3 Å². The number of amides is 1. The third-order valence-electron chi connectivity index (χ3n) is 3.41. The molecule has 0 unspecified atom stereocenters. The molecule has 0 saturated heterocycles. The average Bonchev–Trinajstić information content (AvgIpc) is 2.60. The highest BCUT2D eigenvalue weighted by Gasteiger charge is 2.18. The molecule has 23 heavy (non-hydrogen) atoms. The van der Waals surface area contributed by atoms with Crippen molar-refractivity contribution in [3.05, 3.63) is 47.8 Å². The van der Waals surface area contributed by atoms with Crippen molar-refractivity contribution in [2.75, 3.05) is 21.3 Å². The molecular formula is C17H20N2O4. The minimum absolute atomic E-state index is 0.220. The topological polar surface area (TPSA) is 69.7 Å². The van der Waals surface area contributed by atoms with Crippen molar-refractivity contribution in [3.8, 4) is 17.2 Å². The summed E-state index contributed by atoms with van der Waals surface area (Å²) in [6.45, 7) is 1.87. The minimum Gasteiger partial charge on any atom is -0.493 e. The summed E-state index contributed by atoms with van der Waals surface area (Å²) in [4.78, 5) is 16.7. The molecule has 1 atom stereocenters. The summed E-state index contributed by atoms with van der Waals surface area (Å²) in [5.74, 6) is 1.07. The molecule has 0 fully saturated rings. The van der Waals surface area contributed by atoms with Gasteiger partial charge in [-0.2, -0.15) is 0 Å². The van der Waals surface area contributed by atoms with E-state index in [1.54, 1.807) is 18.3 Å². The molecule has 1 heterocycles. The molecule has 6 heteroatoms. The SMILES string of the molecule is COc1cc(C(=O)N[C@@H](C)c2ccccn2)cc(OC)c1OC. The number of methoxy groups -OCH3 is 3. The van der Waals surface area contributed by atoms with Crippen LogP contribution in [0.15, 0.2) is 36.5 Å². The highest BCUT2D eigenvalue weighted by atomic mass is 16.5. The highest BCUT2D eigenvalue weighted by Crippen LogP contribution is 2.38. The Morgan fingerprint density at radius 1 is 1.09 bits per heavy atom. The van der Waals surface area contributed by atoms with Gasteiger partial charge in [0.05, 0.1) is 33.1 Å². The molecular weight excluding hydrogens is 296 g/mol. The zero-order chi connectivity index (χ0) is 16.8. The van der Waals surface area contributed by atoms with Gasteiger partial charge in [0.25, 0.3) is 5.91 Å². The Kier molecular flexibility index (Phi) is 5.41. The molecule has 2 rings (SSSR count). The molecule has 0 aliphatic carbocycles. The summed E-state index contributed by atoms with van der Waals surface area (Å²) in [6.07, 6.45) is 1.69. The summed E-state index contributed by atoms with van der Waals surface area (Å²) in [6, 6.07) is 8.58. The van der Waals surface area contributed by atoms with Gasteiger partial charge >= 0.3 is 0 Å². The Morgan fingerprint density at radius 2 is 1.74 bits per heavy atom. The highest BCUT2D eigenvalue weighted by molar-refractivity contribution is 5.95. The number of ether oxygens (including phenoxy) is 3. The zero-order valence-electron chi connectivity index (χ0n) is 13.6. The van der Waals surface area contributed by atoms with E-state index in [4.69, 9.17) is 14.2 Å². The number of carbonyl (C=O) groups excluding carboxylic acids is 1. The smallest absolute Gasteiger partial charge is 0.252 e. The molecule has 6 nitrogen and oxygen atoms in total. The number of benzene rings is 1. The van der Waals surface area contributed by atoms with E-state index >= 15 is 0 Å². The molecule has 0 saturated carbocycles. The van der Waals surface area contributed by atoms with Crippen LogP contribution in [-0.2, 0) is 0 Å². The van der Waals surface area contributed by atoms with Crippen LogP contribution in [0.5, 0.6) is 17.2 Å². The standard InChI is InChI=1S/C17H20N2O4/c1-11(13-7-5-6-8-18-13)19-17(20)12-9-14(21-2)16(23-4)15(10-12)22-3/h5-11H,1-4H3,(H,19,20)/t11-/m0/s1. The van der Waals surface area contributed by atoms with Gasteiger partial charge in [0.15, 0.2) is 11.5 Å².